The molecule has 3 N–H and O–H groups in total. The van der Waals surface area contributed by atoms with Crippen molar-refractivity contribution in [2.75, 3.05) is 0 Å². The highest BCUT2D eigenvalue weighted by molar-refractivity contribution is 6.01. The summed E-state index contributed by atoms with van der Waals surface area (Å²) in [4.78, 5) is 30.8. The molecule has 2 atom stereocenters. The van der Waals surface area contributed by atoms with Crippen molar-refractivity contribution in [1.82, 2.24) is 15.3 Å². The molecule has 0 aliphatic carbocycles. The van der Waals surface area contributed by atoms with Gasteiger partial charge >= 0.3 is 6.09 Å². The van der Waals surface area contributed by atoms with E-state index in [-0.39, 0.29) is 28.3 Å². The van der Waals surface area contributed by atoms with E-state index in [2.05, 4.69) is 15.3 Å². The summed E-state index contributed by atoms with van der Waals surface area (Å²) in [5.41, 5.74) is -0.0488. The van der Waals surface area contributed by atoms with Gasteiger partial charge in [-0.3, -0.25) is 4.79 Å². The molecule has 8 heteroatoms. The number of carboxylic acid groups (broad SMARTS) is 1. The first-order valence-corrected chi connectivity index (χ1v) is 8.66. The van der Waals surface area contributed by atoms with Gasteiger partial charge in [-0.05, 0) is 36.0 Å². The molecule has 0 saturated heterocycles. The standard InChI is InChI=1S/C19H22FN3O4/c1-9(8-19(2,3)4)13(22-18(25)26)16-21-14-11-7-10(20)5-6-12(11)27-15(14)17(24)23-16/h5-7,9,13,22H,8H2,1-4H3,(H,25,26)(H,21,23,24)/t9-,13?/m1/s1. The van der Waals surface area contributed by atoms with Crippen LogP contribution in [0.3, 0.4) is 0 Å². The molecule has 0 spiro atoms. The fourth-order valence-corrected chi connectivity index (χ4v) is 3.49. The number of rotatable bonds is 4. The minimum Gasteiger partial charge on any atom is -0.465 e. The third-order valence-corrected chi connectivity index (χ3v) is 4.38. The average molecular weight is 375 g/mol. The van der Waals surface area contributed by atoms with E-state index in [1.807, 2.05) is 27.7 Å². The smallest absolute Gasteiger partial charge is 0.405 e. The molecule has 3 aromatic rings. The molecule has 3 rings (SSSR count). The molecule has 144 valence electrons. The number of halogens is 1. The van der Waals surface area contributed by atoms with Crippen LogP contribution in [0.1, 0.15) is 46.0 Å². The fourth-order valence-electron chi connectivity index (χ4n) is 3.49. The largest absolute Gasteiger partial charge is 0.465 e. The molecule has 0 aliphatic heterocycles. The molecule has 0 bridgehead atoms. The van der Waals surface area contributed by atoms with Crippen LogP contribution in [-0.2, 0) is 0 Å². The van der Waals surface area contributed by atoms with Crippen LogP contribution in [0, 0.1) is 17.2 Å². The van der Waals surface area contributed by atoms with E-state index in [1.165, 1.54) is 18.2 Å². The van der Waals surface area contributed by atoms with Gasteiger partial charge < -0.3 is 19.8 Å². The summed E-state index contributed by atoms with van der Waals surface area (Å²) in [6.07, 6.45) is -0.521. The maximum Gasteiger partial charge on any atom is 0.405 e. The first-order chi connectivity index (χ1) is 12.5. The van der Waals surface area contributed by atoms with E-state index in [4.69, 9.17) is 4.42 Å². The van der Waals surface area contributed by atoms with Gasteiger partial charge in [0.05, 0.1) is 6.04 Å². The Morgan fingerprint density at radius 1 is 1.41 bits per heavy atom. The van der Waals surface area contributed by atoms with E-state index in [1.54, 1.807) is 0 Å². The fraction of sp³-hybridized carbons (Fsp3) is 0.421. The van der Waals surface area contributed by atoms with Gasteiger partial charge in [0.2, 0.25) is 5.58 Å². The molecular weight excluding hydrogens is 353 g/mol. The predicted octanol–water partition coefficient (Wildman–Crippen LogP) is 4.19. The number of carbonyl (C=O) groups is 1. The quantitative estimate of drug-likeness (QED) is 0.634. The van der Waals surface area contributed by atoms with E-state index in [0.29, 0.717) is 17.4 Å². The molecule has 1 aromatic carbocycles. The van der Waals surface area contributed by atoms with Gasteiger partial charge in [-0.2, -0.15) is 0 Å². The Labute approximate surface area is 154 Å². The summed E-state index contributed by atoms with van der Waals surface area (Å²) in [6.45, 7) is 8.04. The zero-order chi connectivity index (χ0) is 19.9. The number of aromatic nitrogens is 2. The van der Waals surface area contributed by atoms with Gasteiger partial charge in [0.1, 0.15) is 22.7 Å². The molecule has 1 unspecified atom stereocenters. The van der Waals surface area contributed by atoms with Crippen LogP contribution in [0.25, 0.3) is 22.1 Å². The summed E-state index contributed by atoms with van der Waals surface area (Å²) in [5.74, 6) is -0.439. The number of hydrogen-bond acceptors (Lipinski definition) is 4. The average Bonchev–Trinajstić information content (AvgIpc) is 2.89. The molecule has 0 fully saturated rings. The number of nitrogens with zero attached hydrogens (tertiary/aromatic N) is 1. The number of amides is 1. The Hall–Kier alpha value is -2.90. The Morgan fingerprint density at radius 3 is 2.74 bits per heavy atom. The maximum atomic E-state index is 13.6. The summed E-state index contributed by atoms with van der Waals surface area (Å²) in [7, 11) is 0. The number of nitrogens with one attached hydrogen (secondary N) is 2. The van der Waals surface area contributed by atoms with Crippen molar-refractivity contribution in [2.45, 2.75) is 40.2 Å². The third-order valence-electron chi connectivity index (χ3n) is 4.38. The molecule has 7 nitrogen and oxygen atoms in total. The molecule has 2 heterocycles. The number of hydrogen-bond donors (Lipinski definition) is 3. The highest BCUT2D eigenvalue weighted by Crippen LogP contribution is 2.32. The van der Waals surface area contributed by atoms with Gasteiger partial charge in [0, 0.05) is 5.39 Å². The lowest BCUT2D eigenvalue weighted by Gasteiger charge is -2.29. The lowest BCUT2D eigenvalue weighted by Crippen LogP contribution is -2.35. The summed E-state index contributed by atoms with van der Waals surface area (Å²) >= 11 is 0. The lowest BCUT2D eigenvalue weighted by molar-refractivity contribution is 0.177. The maximum absolute atomic E-state index is 13.6. The van der Waals surface area contributed by atoms with Crippen LogP contribution in [0.4, 0.5) is 9.18 Å². The Kier molecular flexibility index (Phi) is 4.67. The Morgan fingerprint density at radius 2 is 2.11 bits per heavy atom. The van der Waals surface area contributed by atoms with E-state index >= 15 is 0 Å². The molecule has 27 heavy (non-hydrogen) atoms. The van der Waals surface area contributed by atoms with Crippen molar-refractivity contribution >= 4 is 28.2 Å². The zero-order valence-electron chi connectivity index (χ0n) is 15.6. The number of fused-ring (bicyclic) bond motifs is 3. The van der Waals surface area contributed by atoms with Gasteiger partial charge in [-0.15, -0.1) is 0 Å². The normalized spacial score (nSPS) is 14.4. The van der Waals surface area contributed by atoms with Gasteiger partial charge in [-0.1, -0.05) is 27.7 Å². The zero-order valence-corrected chi connectivity index (χ0v) is 15.6. The number of aromatic amines is 1. The summed E-state index contributed by atoms with van der Waals surface area (Å²) in [5, 5.41) is 12.1. The van der Waals surface area contributed by atoms with Crippen LogP contribution < -0.4 is 10.9 Å². The summed E-state index contributed by atoms with van der Waals surface area (Å²) in [6, 6.07) is 3.19. The van der Waals surface area contributed by atoms with Crippen LogP contribution in [0.15, 0.2) is 27.4 Å². The second-order valence-corrected chi connectivity index (χ2v) is 8.04. The molecule has 0 radical (unpaired) electrons. The molecule has 1 amide bonds. The minimum absolute atomic E-state index is 0.0168. The van der Waals surface area contributed by atoms with E-state index in [0.717, 1.165) is 0 Å². The highest BCUT2D eigenvalue weighted by atomic mass is 19.1. The van der Waals surface area contributed by atoms with E-state index < -0.39 is 23.5 Å². The number of furan rings is 1. The van der Waals surface area contributed by atoms with Crippen LogP contribution in [0.2, 0.25) is 0 Å². The van der Waals surface area contributed by atoms with Crippen molar-refractivity contribution in [1.29, 1.82) is 0 Å². The second kappa shape index (κ2) is 6.68. The van der Waals surface area contributed by atoms with Crippen LogP contribution in [0.5, 0.6) is 0 Å². The van der Waals surface area contributed by atoms with Gasteiger partial charge in [0.25, 0.3) is 5.56 Å². The number of H-pyrrole nitrogens is 1. The SMILES string of the molecule is C[C@H](CC(C)(C)C)C(NC(=O)O)c1nc2c(oc3ccc(F)cc32)c(=O)[nH]1. The van der Waals surface area contributed by atoms with Crippen molar-refractivity contribution in [2.24, 2.45) is 11.3 Å². The van der Waals surface area contributed by atoms with Gasteiger partial charge in [-0.25, -0.2) is 14.2 Å². The third kappa shape index (κ3) is 3.94. The molecule has 0 saturated carbocycles. The van der Waals surface area contributed by atoms with Gasteiger partial charge in [0.15, 0.2) is 0 Å². The minimum atomic E-state index is -1.22. The number of benzene rings is 1. The predicted molar refractivity (Wildman–Crippen MR) is 99.2 cm³/mol. The first kappa shape index (κ1) is 18.9. The van der Waals surface area contributed by atoms with Crippen molar-refractivity contribution in [3.8, 4) is 0 Å². The lowest BCUT2D eigenvalue weighted by atomic mass is 9.82. The molecule has 2 aromatic heterocycles. The van der Waals surface area contributed by atoms with Crippen LogP contribution >= 0.6 is 0 Å². The van der Waals surface area contributed by atoms with Crippen molar-refractivity contribution < 1.29 is 18.7 Å². The van der Waals surface area contributed by atoms with E-state index in [9.17, 15) is 19.1 Å². The highest BCUT2D eigenvalue weighted by Gasteiger charge is 2.28. The second-order valence-electron chi connectivity index (χ2n) is 8.04. The molecule has 0 aliphatic rings. The van der Waals surface area contributed by atoms with Crippen molar-refractivity contribution in [3.63, 3.8) is 0 Å². The topological polar surface area (TPSA) is 108 Å². The molecular formula is C19H22FN3O4. The summed E-state index contributed by atoms with van der Waals surface area (Å²) < 4.78 is 19.1. The van der Waals surface area contributed by atoms with Crippen molar-refractivity contribution in [3.05, 3.63) is 40.2 Å². The first-order valence-electron chi connectivity index (χ1n) is 8.66. The monoisotopic (exact) mass is 375 g/mol. The van der Waals surface area contributed by atoms with Crippen LogP contribution in [-0.4, -0.2) is 21.2 Å². The Bertz CT molecular complexity index is 1060. The Balaban J connectivity index is 2.16.